The molecule has 0 aliphatic rings. The van der Waals surface area contributed by atoms with Crippen molar-refractivity contribution in [1.29, 1.82) is 0 Å². The summed E-state index contributed by atoms with van der Waals surface area (Å²) in [5.41, 5.74) is 9.19. The number of nitrogens with zero attached hydrogens (tertiary/aromatic N) is 1. The fourth-order valence-electron chi connectivity index (χ4n) is 1.79. The lowest BCUT2D eigenvalue weighted by atomic mass is 10.1. The standard InChI is InChI=1S/C14H15BrN2S/c1-9-7-10(2)17-14(11(9)8-16)18-13-6-4-3-5-12(13)15/h3-7H,8,16H2,1-2H3. The third-order valence-corrected chi connectivity index (χ3v) is 4.75. The summed E-state index contributed by atoms with van der Waals surface area (Å²) < 4.78 is 1.08. The fraction of sp³-hybridized carbons (Fsp3) is 0.214. The third-order valence-electron chi connectivity index (χ3n) is 2.68. The largest absolute Gasteiger partial charge is 0.326 e. The van der Waals surface area contributed by atoms with Gasteiger partial charge in [0, 0.05) is 27.2 Å². The summed E-state index contributed by atoms with van der Waals surface area (Å²) in [6.45, 7) is 4.62. The fourth-order valence-corrected chi connectivity index (χ4v) is 3.40. The monoisotopic (exact) mass is 322 g/mol. The quantitative estimate of drug-likeness (QED) is 0.925. The Labute approximate surface area is 120 Å². The lowest BCUT2D eigenvalue weighted by Crippen LogP contribution is -2.04. The first-order valence-corrected chi connectivity index (χ1v) is 7.32. The highest BCUT2D eigenvalue weighted by molar-refractivity contribution is 9.10. The number of benzene rings is 1. The molecule has 0 fully saturated rings. The predicted molar refractivity (Wildman–Crippen MR) is 79.9 cm³/mol. The smallest absolute Gasteiger partial charge is 0.106 e. The number of hydrogen-bond acceptors (Lipinski definition) is 3. The van der Waals surface area contributed by atoms with Gasteiger partial charge in [0.25, 0.3) is 0 Å². The van der Waals surface area contributed by atoms with Crippen LogP contribution in [0.5, 0.6) is 0 Å². The topological polar surface area (TPSA) is 38.9 Å². The number of rotatable bonds is 3. The Morgan fingerprint density at radius 2 is 2.00 bits per heavy atom. The number of halogens is 1. The van der Waals surface area contributed by atoms with Crippen molar-refractivity contribution in [3.63, 3.8) is 0 Å². The first kappa shape index (κ1) is 13.6. The van der Waals surface area contributed by atoms with E-state index < -0.39 is 0 Å². The molecular formula is C14H15BrN2S. The van der Waals surface area contributed by atoms with Gasteiger partial charge in [-0.1, -0.05) is 23.9 Å². The van der Waals surface area contributed by atoms with Gasteiger partial charge in [-0.3, -0.25) is 0 Å². The molecule has 94 valence electrons. The highest BCUT2D eigenvalue weighted by Gasteiger charge is 2.10. The van der Waals surface area contributed by atoms with E-state index in [9.17, 15) is 0 Å². The molecule has 0 aliphatic carbocycles. The van der Waals surface area contributed by atoms with Gasteiger partial charge in [0.15, 0.2) is 0 Å². The van der Waals surface area contributed by atoms with E-state index in [1.54, 1.807) is 11.8 Å². The second-order valence-electron chi connectivity index (χ2n) is 4.10. The molecule has 0 spiro atoms. The maximum atomic E-state index is 5.83. The molecule has 1 aromatic heterocycles. The van der Waals surface area contributed by atoms with E-state index in [1.165, 1.54) is 5.56 Å². The maximum Gasteiger partial charge on any atom is 0.106 e. The zero-order valence-corrected chi connectivity index (χ0v) is 12.8. The zero-order valence-electron chi connectivity index (χ0n) is 10.4. The van der Waals surface area contributed by atoms with Crippen LogP contribution in [-0.2, 0) is 6.54 Å². The van der Waals surface area contributed by atoms with Crippen molar-refractivity contribution in [3.05, 3.63) is 51.6 Å². The Bertz CT molecular complexity index is 570. The van der Waals surface area contributed by atoms with Gasteiger partial charge in [0.2, 0.25) is 0 Å². The molecule has 0 aliphatic heterocycles. The summed E-state index contributed by atoms with van der Waals surface area (Å²) in [6, 6.07) is 10.2. The first-order chi connectivity index (χ1) is 8.61. The van der Waals surface area contributed by atoms with Crippen LogP contribution in [0.2, 0.25) is 0 Å². The van der Waals surface area contributed by atoms with Gasteiger partial charge in [0.05, 0.1) is 0 Å². The van der Waals surface area contributed by atoms with Gasteiger partial charge >= 0.3 is 0 Å². The highest BCUT2D eigenvalue weighted by atomic mass is 79.9. The normalized spacial score (nSPS) is 10.7. The molecule has 2 N–H and O–H groups in total. The van der Waals surface area contributed by atoms with E-state index >= 15 is 0 Å². The number of aromatic nitrogens is 1. The van der Waals surface area contributed by atoms with Crippen LogP contribution in [0.15, 0.2) is 44.7 Å². The van der Waals surface area contributed by atoms with E-state index in [0.717, 1.165) is 25.7 Å². The van der Waals surface area contributed by atoms with Gasteiger partial charge in [-0.25, -0.2) is 4.98 Å². The van der Waals surface area contributed by atoms with Crippen LogP contribution in [0.4, 0.5) is 0 Å². The van der Waals surface area contributed by atoms with Gasteiger partial charge in [0.1, 0.15) is 5.03 Å². The highest BCUT2D eigenvalue weighted by Crippen LogP contribution is 2.34. The van der Waals surface area contributed by atoms with Crippen molar-refractivity contribution in [2.24, 2.45) is 5.73 Å². The summed E-state index contributed by atoms with van der Waals surface area (Å²) in [6.07, 6.45) is 0. The van der Waals surface area contributed by atoms with Crippen molar-refractivity contribution in [2.45, 2.75) is 30.3 Å². The lowest BCUT2D eigenvalue weighted by Gasteiger charge is -2.11. The molecular weight excluding hydrogens is 308 g/mol. The average Bonchev–Trinajstić information content (AvgIpc) is 2.31. The summed E-state index contributed by atoms with van der Waals surface area (Å²) in [5, 5.41) is 1.00. The second-order valence-corrected chi connectivity index (χ2v) is 5.99. The molecule has 2 rings (SSSR count). The molecule has 4 heteroatoms. The summed E-state index contributed by atoms with van der Waals surface area (Å²) in [5.74, 6) is 0. The Hall–Kier alpha value is -0.840. The molecule has 0 bridgehead atoms. The Balaban J connectivity index is 2.43. The lowest BCUT2D eigenvalue weighted by molar-refractivity contribution is 0.922. The number of hydrogen-bond donors (Lipinski definition) is 1. The van der Waals surface area contributed by atoms with Gasteiger partial charge < -0.3 is 5.73 Å². The number of nitrogens with two attached hydrogens (primary N) is 1. The summed E-state index contributed by atoms with van der Waals surface area (Å²) >= 11 is 5.21. The van der Waals surface area contributed by atoms with Crippen molar-refractivity contribution < 1.29 is 0 Å². The third kappa shape index (κ3) is 2.94. The Morgan fingerprint density at radius 3 is 2.67 bits per heavy atom. The molecule has 18 heavy (non-hydrogen) atoms. The van der Waals surface area contributed by atoms with E-state index in [-0.39, 0.29) is 0 Å². The van der Waals surface area contributed by atoms with Crippen LogP contribution >= 0.6 is 27.7 Å². The van der Waals surface area contributed by atoms with Crippen LogP contribution in [-0.4, -0.2) is 4.98 Å². The number of aryl methyl sites for hydroxylation is 2. The molecule has 0 atom stereocenters. The van der Waals surface area contributed by atoms with Crippen molar-refractivity contribution in [2.75, 3.05) is 0 Å². The van der Waals surface area contributed by atoms with Crippen LogP contribution in [0, 0.1) is 13.8 Å². The van der Waals surface area contributed by atoms with Gasteiger partial charge in [-0.2, -0.15) is 0 Å². The second kappa shape index (κ2) is 5.87. The van der Waals surface area contributed by atoms with E-state index in [2.05, 4.69) is 40.0 Å². The molecule has 1 aromatic carbocycles. The molecule has 0 unspecified atom stereocenters. The van der Waals surface area contributed by atoms with Crippen LogP contribution < -0.4 is 5.73 Å². The van der Waals surface area contributed by atoms with E-state index in [1.807, 2.05) is 25.1 Å². The molecule has 0 amide bonds. The molecule has 2 nitrogen and oxygen atoms in total. The average molecular weight is 323 g/mol. The molecule has 0 saturated carbocycles. The van der Waals surface area contributed by atoms with Crippen molar-refractivity contribution in [1.82, 2.24) is 4.98 Å². The minimum atomic E-state index is 0.520. The zero-order chi connectivity index (χ0) is 13.1. The van der Waals surface area contributed by atoms with Gasteiger partial charge in [-0.05, 0) is 53.5 Å². The van der Waals surface area contributed by atoms with Gasteiger partial charge in [-0.15, -0.1) is 0 Å². The van der Waals surface area contributed by atoms with E-state index in [4.69, 9.17) is 5.73 Å². The molecule has 1 heterocycles. The van der Waals surface area contributed by atoms with Crippen molar-refractivity contribution in [3.8, 4) is 0 Å². The summed E-state index contributed by atoms with van der Waals surface area (Å²) in [4.78, 5) is 5.76. The van der Waals surface area contributed by atoms with E-state index in [0.29, 0.717) is 6.54 Å². The van der Waals surface area contributed by atoms with Crippen LogP contribution in [0.1, 0.15) is 16.8 Å². The Kier molecular flexibility index (Phi) is 4.43. The SMILES string of the molecule is Cc1cc(C)c(CN)c(Sc2ccccc2Br)n1. The molecule has 2 aromatic rings. The first-order valence-electron chi connectivity index (χ1n) is 5.71. The van der Waals surface area contributed by atoms with Crippen LogP contribution in [0.25, 0.3) is 0 Å². The molecule has 0 radical (unpaired) electrons. The number of pyridine rings is 1. The predicted octanol–water partition coefficient (Wildman–Crippen LogP) is 4.07. The Morgan fingerprint density at radius 1 is 1.28 bits per heavy atom. The minimum absolute atomic E-state index is 0.520. The maximum absolute atomic E-state index is 5.83. The van der Waals surface area contributed by atoms with Crippen LogP contribution in [0.3, 0.4) is 0 Å². The summed E-state index contributed by atoms with van der Waals surface area (Å²) in [7, 11) is 0. The molecule has 0 saturated heterocycles. The minimum Gasteiger partial charge on any atom is -0.326 e. The van der Waals surface area contributed by atoms with Crippen molar-refractivity contribution >= 4 is 27.7 Å².